The van der Waals surface area contributed by atoms with Crippen molar-refractivity contribution in [2.24, 2.45) is 0 Å². The Morgan fingerprint density at radius 2 is 1.94 bits per heavy atom. The van der Waals surface area contributed by atoms with Gasteiger partial charge in [0, 0.05) is 23.6 Å². The highest BCUT2D eigenvalue weighted by atomic mass is 32.2. The van der Waals surface area contributed by atoms with E-state index in [-0.39, 0.29) is 0 Å². The number of thioether (sulfide) groups is 1. The highest BCUT2D eigenvalue weighted by Gasteiger charge is 2.25. The third-order valence-electron chi connectivity index (χ3n) is 3.14. The number of aryl methyl sites for hydroxylation is 1. The fraction of sp³-hybridized carbons (Fsp3) is 0.500. The molecule has 0 amide bonds. The Kier molecular flexibility index (Phi) is 3.85. The van der Waals surface area contributed by atoms with Gasteiger partial charge >= 0.3 is 5.97 Å². The normalized spacial score (nSPS) is 24.1. The SMILES string of the molecule is Cc1ccc(C(=O)O)c(N2CC(C)SC(C)C2)c1. The van der Waals surface area contributed by atoms with Gasteiger partial charge < -0.3 is 10.0 Å². The molecule has 1 heterocycles. The minimum atomic E-state index is -0.844. The van der Waals surface area contributed by atoms with Gasteiger partial charge in [-0.1, -0.05) is 19.9 Å². The number of carboxylic acid groups (broad SMARTS) is 1. The molecule has 98 valence electrons. The van der Waals surface area contributed by atoms with Gasteiger partial charge in [-0.05, 0) is 24.6 Å². The van der Waals surface area contributed by atoms with Gasteiger partial charge in [-0.25, -0.2) is 4.79 Å². The van der Waals surface area contributed by atoms with Crippen LogP contribution in [0.3, 0.4) is 0 Å². The lowest BCUT2D eigenvalue weighted by Gasteiger charge is -2.37. The smallest absolute Gasteiger partial charge is 0.337 e. The van der Waals surface area contributed by atoms with E-state index in [1.807, 2.05) is 30.8 Å². The summed E-state index contributed by atoms with van der Waals surface area (Å²) in [4.78, 5) is 13.5. The van der Waals surface area contributed by atoms with Crippen LogP contribution in [0.4, 0.5) is 5.69 Å². The van der Waals surface area contributed by atoms with E-state index in [1.165, 1.54) is 0 Å². The van der Waals surface area contributed by atoms with Crippen LogP contribution in [-0.2, 0) is 0 Å². The average molecular weight is 265 g/mol. The fourth-order valence-corrected chi connectivity index (χ4v) is 3.78. The topological polar surface area (TPSA) is 40.5 Å². The first-order chi connectivity index (χ1) is 8.47. The standard InChI is InChI=1S/C14H19NO2S/c1-9-4-5-12(14(16)17)13(6-9)15-7-10(2)18-11(3)8-15/h4-6,10-11H,7-8H2,1-3H3,(H,16,17). The molecule has 2 unspecified atom stereocenters. The number of anilines is 1. The van der Waals surface area contributed by atoms with Crippen LogP contribution >= 0.6 is 11.8 Å². The molecule has 1 fully saturated rings. The number of nitrogens with zero attached hydrogens (tertiary/aromatic N) is 1. The van der Waals surface area contributed by atoms with Gasteiger partial charge in [0.15, 0.2) is 0 Å². The minimum Gasteiger partial charge on any atom is -0.478 e. The summed E-state index contributed by atoms with van der Waals surface area (Å²) in [6.07, 6.45) is 0. The van der Waals surface area contributed by atoms with E-state index in [4.69, 9.17) is 0 Å². The highest BCUT2D eigenvalue weighted by molar-refractivity contribution is 8.00. The molecule has 4 heteroatoms. The molecule has 0 bridgehead atoms. The molecular weight excluding hydrogens is 246 g/mol. The van der Waals surface area contributed by atoms with Crippen LogP contribution in [0.1, 0.15) is 29.8 Å². The summed E-state index contributed by atoms with van der Waals surface area (Å²) in [5.41, 5.74) is 2.38. The van der Waals surface area contributed by atoms with E-state index in [2.05, 4.69) is 18.7 Å². The molecule has 2 rings (SSSR count). The van der Waals surface area contributed by atoms with E-state index in [0.29, 0.717) is 16.1 Å². The van der Waals surface area contributed by atoms with Crippen LogP contribution in [0.2, 0.25) is 0 Å². The number of carboxylic acids is 1. The predicted octanol–water partition coefficient (Wildman–Crippen LogP) is 3.02. The van der Waals surface area contributed by atoms with Crippen LogP contribution in [0.25, 0.3) is 0 Å². The molecule has 1 aliphatic rings. The molecule has 0 spiro atoms. The molecular formula is C14H19NO2S. The minimum absolute atomic E-state index is 0.409. The lowest BCUT2D eigenvalue weighted by atomic mass is 10.1. The lowest BCUT2D eigenvalue weighted by Crippen LogP contribution is -2.41. The second-order valence-electron chi connectivity index (χ2n) is 4.99. The van der Waals surface area contributed by atoms with Gasteiger partial charge in [-0.3, -0.25) is 0 Å². The Balaban J connectivity index is 2.36. The number of aromatic carboxylic acids is 1. The first-order valence-corrected chi connectivity index (χ1v) is 7.16. The van der Waals surface area contributed by atoms with Gasteiger partial charge in [0.2, 0.25) is 0 Å². The van der Waals surface area contributed by atoms with Crippen LogP contribution in [0.5, 0.6) is 0 Å². The highest BCUT2D eigenvalue weighted by Crippen LogP contribution is 2.31. The maximum Gasteiger partial charge on any atom is 0.337 e. The maximum atomic E-state index is 11.3. The van der Waals surface area contributed by atoms with E-state index >= 15 is 0 Å². The first-order valence-electron chi connectivity index (χ1n) is 6.21. The van der Waals surface area contributed by atoms with E-state index in [0.717, 1.165) is 24.3 Å². The predicted molar refractivity (Wildman–Crippen MR) is 76.9 cm³/mol. The van der Waals surface area contributed by atoms with Crippen LogP contribution in [0.15, 0.2) is 18.2 Å². The molecule has 1 aromatic rings. The molecule has 18 heavy (non-hydrogen) atoms. The van der Waals surface area contributed by atoms with E-state index in [1.54, 1.807) is 6.07 Å². The van der Waals surface area contributed by atoms with E-state index in [9.17, 15) is 9.90 Å². The van der Waals surface area contributed by atoms with Crippen molar-refractivity contribution in [1.29, 1.82) is 0 Å². The quantitative estimate of drug-likeness (QED) is 0.892. The molecule has 0 aliphatic carbocycles. The molecule has 2 atom stereocenters. The second kappa shape index (κ2) is 5.22. The Bertz CT molecular complexity index is 451. The monoisotopic (exact) mass is 265 g/mol. The number of rotatable bonds is 2. The largest absolute Gasteiger partial charge is 0.478 e. The van der Waals surface area contributed by atoms with E-state index < -0.39 is 5.97 Å². The van der Waals surface area contributed by atoms with Crippen molar-refractivity contribution in [2.75, 3.05) is 18.0 Å². The maximum absolute atomic E-state index is 11.3. The Morgan fingerprint density at radius 1 is 1.33 bits per heavy atom. The van der Waals surface area contributed by atoms with Gasteiger partial charge in [-0.2, -0.15) is 11.8 Å². The third kappa shape index (κ3) is 2.80. The molecule has 0 radical (unpaired) electrons. The van der Waals surface area contributed by atoms with Crippen molar-refractivity contribution in [3.8, 4) is 0 Å². The van der Waals surface area contributed by atoms with Crippen molar-refractivity contribution in [3.05, 3.63) is 29.3 Å². The fourth-order valence-electron chi connectivity index (χ4n) is 2.46. The van der Waals surface area contributed by atoms with Gasteiger partial charge in [0.05, 0.1) is 11.3 Å². The summed E-state index contributed by atoms with van der Waals surface area (Å²) in [6.45, 7) is 8.23. The molecule has 0 saturated carbocycles. The summed E-state index contributed by atoms with van der Waals surface area (Å²) < 4.78 is 0. The molecule has 1 N–H and O–H groups in total. The average Bonchev–Trinajstić information content (AvgIpc) is 2.27. The number of hydrogen-bond donors (Lipinski definition) is 1. The molecule has 0 aromatic heterocycles. The van der Waals surface area contributed by atoms with Gasteiger partial charge in [0.1, 0.15) is 0 Å². The van der Waals surface area contributed by atoms with Crippen molar-refractivity contribution in [2.45, 2.75) is 31.3 Å². The second-order valence-corrected chi connectivity index (χ2v) is 6.87. The van der Waals surface area contributed by atoms with Crippen LogP contribution in [-0.4, -0.2) is 34.7 Å². The molecule has 1 aliphatic heterocycles. The number of hydrogen-bond acceptors (Lipinski definition) is 3. The first kappa shape index (κ1) is 13.3. The Morgan fingerprint density at radius 3 is 2.50 bits per heavy atom. The molecule has 1 aromatic carbocycles. The van der Waals surface area contributed by atoms with Crippen molar-refractivity contribution in [3.63, 3.8) is 0 Å². The van der Waals surface area contributed by atoms with Gasteiger partial charge in [-0.15, -0.1) is 0 Å². The third-order valence-corrected chi connectivity index (χ3v) is 4.37. The summed E-state index contributed by atoms with van der Waals surface area (Å²) in [5.74, 6) is -0.844. The summed E-state index contributed by atoms with van der Waals surface area (Å²) in [7, 11) is 0. The Labute approximate surface area is 112 Å². The zero-order valence-corrected chi connectivity index (χ0v) is 11.8. The van der Waals surface area contributed by atoms with Crippen LogP contribution < -0.4 is 4.90 Å². The lowest BCUT2D eigenvalue weighted by molar-refractivity contribution is 0.0697. The summed E-state index contributed by atoms with van der Waals surface area (Å²) in [5, 5.41) is 10.4. The molecule has 3 nitrogen and oxygen atoms in total. The molecule has 1 saturated heterocycles. The summed E-state index contributed by atoms with van der Waals surface area (Å²) >= 11 is 1.97. The number of carbonyl (C=O) groups is 1. The number of benzene rings is 1. The van der Waals surface area contributed by atoms with Crippen molar-refractivity contribution in [1.82, 2.24) is 0 Å². The van der Waals surface area contributed by atoms with Crippen LogP contribution in [0, 0.1) is 6.92 Å². The van der Waals surface area contributed by atoms with Crippen molar-refractivity contribution < 1.29 is 9.90 Å². The zero-order chi connectivity index (χ0) is 13.3. The summed E-state index contributed by atoms with van der Waals surface area (Å²) in [6, 6.07) is 5.56. The zero-order valence-electron chi connectivity index (χ0n) is 11.0. The van der Waals surface area contributed by atoms with Gasteiger partial charge in [0.25, 0.3) is 0 Å². The van der Waals surface area contributed by atoms with Crippen molar-refractivity contribution >= 4 is 23.4 Å². The Hall–Kier alpha value is -1.16.